The van der Waals surface area contributed by atoms with E-state index >= 15 is 0 Å². The Morgan fingerprint density at radius 1 is 1.06 bits per heavy atom. The molecule has 1 atom stereocenters. The standard InChI is InChI=1S/C32H38F3N3O7S2/c1-7-31(2,3)19-11-12-20-24(16-19)46-28(27(20)29(40)45-6)38-26(39)9-8-14-47(41,42)30-36-21(17-25(37-30)32(33,34)35)18-10-13-22(43-4)23(15-18)44-5/h10,13,15,17,19H,7-9,11-12,14,16H2,1-6H3,(H,38,39)/t19-/m0/s1. The van der Waals surface area contributed by atoms with Gasteiger partial charge < -0.3 is 19.5 Å². The number of alkyl halides is 3. The van der Waals surface area contributed by atoms with Crippen molar-refractivity contribution < 1.29 is 45.4 Å². The fourth-order valence-corrected chi connectivity index (χ4v) is 8.02. The van der Waals surface area contributed by atoms with Crippen LogP contribution in [0, 0.1) is 11.3 Å². The molecule has 0 radical (unpaired) electrons. The maximum atomic E-state index is 13.8. The summed E-state index contributed by atoms with van der Waals surface area (Å²) in [5, 5.41) is 2.06. The van der Waals surface area contributed by atoms with Crippen LogP contribution >= 0.6 is 11.3 Å². The zero-order valence-electron chi connectivity index (χ0n) is 27.0. The summed E-state index contributed by atoms with van der Waals surface area (Å²) in [7, 11) is -0.445. The van der Waals surface area contributed by atoms with Crippen molar-refractivity contribution in [2.75, 3.05) is 32.4 Å². The first-order valence-electron chi connectivity index (χ1n) is 15.0. The molecule has 2 heterocycles. The van der Waals surface area contributed by atoms with Gasteiger partial charge >= 0.3 is 12.1 Å². The molecule has 1 N–H and O–H groups in total. The van der Waals surface area contributed by atoms with E-state index in [0.29, 0.717) is 34.7 Å². The van der Waals surface area contributed by atoms with Gasteiger partial charge in [0.05, 0.1) is 38.3 Å². The number of nitrogens with zero attached hydrogens (tertiary/aromatic N) is 2. The number of sulfone groups is 1. The number of nitrogens with one attached hydrogen (secondary N) is 1. The minimum atomic E-state index is -4.96. The number of hydrogen-bond donors (Lipinski definition) is 1. The van der Waals surface area contributed by atoms with Crippen LogP contribution in [0.1, 0.15) is 72.9 Å². The van der Waals surface area contributed by atoms with Crippen molar-refractivity contribution in [1.82, 2.24) is 9.97 Å². The molecule has 3 aromatic rings. The molecule has 47 heavy (non-hydrogen) atoms. The summed E-state index contributed by atoms with van der Waals surface area (Å²) < 4.78 is 83.0. The minimum Gasteiger partial charge on any atom is -0.493 e. The number of ether oxygens (including phenoxy) is 3. The van der Waals surface area contributed by atoms with Crippen molar-refractivity contribution in [2.24, 2.45) is 11.3 Å². The predicted molar refractivity (Wildman–Crippen MR) is 171 cm³/mol. The molecule has 0 saturated heterocycles. The van der Waals surface area contributed by atoms with Gasteiger partial charge in [-0.1, -0.05) is 27.2 Å². The van der Waals surface area contributed by atoms with Gasteiger partial charge in [0.25, 0.3) is 0 Å². The van der Waals surface area contributed by atoms with Gasteiger partial charge in [0.15, 0.2) is 11.5 Å². The highest BCUT2D eigenvalue weighted by atomic mass is 32.2. The van der Waals surface area contributed by atoms with Crippen molar-refractivity contribution >= 4 is 38.1 Å². The monoisotopic (exact) mass is 697 g/mol. The topological polar surface area (TPSA) is 134 Å². The number of methoxy groups -OCH3 is 3. The molecule has 0 bridgehead atoms. The lowest BCUT2D eigenvalue weighted by molar-refractivity contribution is -0.141. The van der Waals surface area contributed by atoms with Crippen molar-refractivity contribution in [1.29, 1.82) is 0 Å². The maximum absolute atomic E-state index is 13.8. The lowest BCUT2D eigenvalue weighted by Gasteiger charge is -2.36. The number of rotatable bonds is 12. The highest BCUT2D eigenvalue weighted by Gasteiger charge is 2.37. The first kappa shape index (κ1) is 36.1. The molecule has 1 amide bonds. The Morgan fingerprint density at radius 2 is 1.77 bits per heavy atom. The van der Waals surface area contributed by atoms with Crippen LogP contribution in [0.25, 0.3) is 11.3 Å². The number of carbonyl (C=O) groups is 2. The van der Waals surface area contributed by atoms with Gasteiger partial charge in [-0.15, -0.1) is 11.3 Å². The van der Waals surface area contributed by atoms with Gasteiger partial charge in [0.1, 0.15) is 10.7 Å². The zero-order chi connectivity index (χ0) is 34.7. The number of amides is 1. The number of esters is 1. The highest BCUT2D eigenvalue weighted by molar-refractivity contribution is 7.91. The third-order valence-electron chi connectivity index (χ3n) is 8.69. The molecular formula is C32H38F3N3O7S2. The second kappa shape index (κ2) is 14.2. The van der Waals surface area contributed by atoms with Gasteiger partial charge in [-0.2, -0.15) is 13.2 Å². The summed E-state index contributed by atoms with van der Waals surface area (Å²) in [4.78, 5) is 34.0. The second-order valence-electron chi connectivity index (χ2n) is 11.9. The largest absolute Gasteiger partial charge is 0.493 e. The van der Waals surface area contributed by atoms with Crippen molar-refractivity contribution in [2.45, 2.75) is 70.6 Å². The quantitative estimate of drug-likeness (QED) is 0.161. The third-order valence-corrected chi connectivity index (χ3v) is 11.4. The zero-order valence-corrected chi connectivity index (χ0v) is 28.7. The Bertz CT molecular complexity index is 1750. The number of benzene rings is 1. The number of fused-ring (bicyclic) bond motifs is 1. The van der Waals surface area contributed by atoms with E-state index in [1.54, 1.807) is 0 Å². The predicted octanol–water partition coefficient (Wildman–Crippen LogP) is 6.76. The molecule has 10 nitrogen and oxygen atoms in total. The number of anilines is 1. The van der Waals surface area contributed by atoms with E-state index in [9.17, 15) is 31.2 Å². The summed E-state index contributed by atoms with van der Waals surface area (Å²) in [5.74, 6) is -0.877. The van der Waals surface area contributed by atoms with Crippen LogP contribution in [-0.4, -0.2) is 57.3 Å². The molecule has 0 fully saturated rings. The van der Waals surface area contributed by atoms with Crippen molar-refractivity contribution in [3.05, 3.63) is 46.0 Å². The summed E-state index contributed by atoms with van der Waals surface area (Å²) in [5.41, 5.74) is -0.304. The van der Waals surface area contributed by atoms with E-state index in [1.807, 2.05) is 0 Å². The Morgan fingerprint density at radius 3 is 2.38 bits per heavy atom. The average Bonchev–Trinajstić information content (AvgIpc) is 3.40. The minimum absolute atomic E-state index is 0.105. The lowest BCUT2D eigenvalue weighted by atomic mass is 9.69. The summed E-state index contributed by atoms with van der Waals surface area (Å²) in [6.45, 7) is 6.58. The smallest absolute Gasteiger partial charge is 0.433 e. The van der Waals surface area contributed by atoms with E-state index < -0.39 is 44.5 Å². The molecule has 4 rings (SSSR count). The number of carbonyl (C=O) groups excluding carboxylic acids is 2. The molecule has 2 aromatic heterocycles. The maximum Gasteiger partial charge on any atom is 0.433 e. The van der Waals surface area contributed by atoms with Crippen LogP contribution in [0.2, 0.25) is 0 Å². The molecule has 15 heteroatoms. The Balaban J connectivity index is 1.52. The molecule has 0 aliphatic heterocycles. The SMILES string of the molecule is CCC(C)(C)[C@H]1CCc2c(sc(NC(=O)CCCS(=O)(=O)c3nc(-c4ccc(OC)c(OC)c4)cc(C(F)(F)F)n3)c2C(=O)OC)C1. The lowest BCUT2D eigenvalue weighted by Crippen LogP contribution is -2.28. The van der Waals surface area contributed by atoms with E-state index in [1.165, 1.54) is 50.9 Å². The van der Waals surface area contributed by atoms with E-state index in [4.69, 9.17) is 14.2 Å². The Kier molecular flexibility index (Phi) is 10.9. The van der Waals surface area contributed by atoms with Gasteiger partial charge in [0, 0.05) is 16.9 Å². The van der Waals surface area contributed by atoms with E-state index in [2.05, 4.69) is 36.1 Å². The average molecular weight is 698 g/mol. The normalized spacial score (nSPS) is 15.1. The van der Waals surface area contributed by atoms with Crippen molar-refractivity contribution in [3.8, 4) is 22.8 Å². The van der Waals surface area contributed by atoms with E-state index in [-0.39, 0.29) is 35.3 Å². The molecule has 0 saturated carbocycles. The summed E-state index contributed by atoms with van der Waals surface area (Å²) in [6.07, 6.45) is -2.15. The molecule has 256 valence electrons. The summed E-state index contributed by atoms with van der Waals surface area (Å²) in [6, 6.07) is 4.90. The van der Waals surface area contributed by atoms with Crippen LogP contribution in [-0.2, 0) is 38.4 Å². The number of thiophene rings is 1. The fraction of sp³-hybridized carbons (Fsp3) is 0.500. The second-order valence-corrected chi connectivity index (χ2v) is 15.0. The summed E-state index contributed by atoms with van der Waals surface area (Å²) >= 11 is 1.31. The van der Waals surface area contributed by atoms with Crippen LogP contribution < -0.4 is 14.8 Å². The van der Waals surface area contributed by atoms with Gasteiger partial charge in [0.2, 0.25) is 20.9 Å². The number of halogens is 3. The molecule has 0 unspecified atom stereocenters. The van der Waals surface area contributed by atoms with Gasteiger partial charge in [-0.25, -0.2) is 23.2 Å². The number of hydrogen-bond acceptors (Lipinski definition) is 10. The van der Waals surface area contributed by atoms with Gasteiger partial charge in [-0.3, -0.25) is 4.79 Å². The molecule has 1 aliphatic carbocycles. The van der Waals surface area contributed by atoms with E-state index in [0.717, 1.165) is 29.7 Å². The van der Waals surface area contributed by atoms with Crippen LogP contribution in [0.3, 0.4) is 0 Å². The van der Waals surface area contributed by atoms with Crippen molar-refractivity contribution in [3.63, 3.8) is 0 Å². The Hall–Kier alpha value is -3.72. The molecule has 1 aromatic carbocycles. The highest BCUT2D eigenvalue weighted by Crippen LogP contribution is 2.46. The first-order chi connectivity index (χ1) is 22.0. The third kappa shape index (κ3) is 8.06. The Labute approximate surface area is 276 Å². The van der Waals surface area contributed by atoms with Crippen LogP contribution in [0.4, 0.5) is 18.2 Å². The van der Waals surface area contributed by atoms with Crippen LogP contribution in [0.5, 0.6) is 11.5 Å². The number of aromatic nitrogens is 2. The van der Waals surface area contributed by atoms with Gasteiger partial charge in [-0.05, 0) is 66.8 Å². The molecule has 1 aliphatic rings. The molecule has 0 spiro atoms. The first-order valence-corrected chi connectivity index (χ1v) is 17.5. The van der Waals surface area contributed by atoms with Crippen LogP contribution in [0.15, 0.2) is 29.4 Å². The molecular weight excluding hydrogens is 659 g/mol. The fourth-order valence-electron chi connectivity index (χ4n) is 5.50.